The number of aromatic nitrogens is 5. The number of halogens is 1. The number of nitrogens with zero attached hydrogens (tertiary/aromatic N) is 5. The molecule has 4 rings (SSSR count). The molecule has 0 saturated carbocycles. The summed E-state index contributed by atoms with van der Waals surface area (Å²) < 4.78 is 3.70. The summed E-state index contributed by atoms with van der Waals surface area (Å²) in [4.78, 5) is 12.9. The van der Waals surface area contributed by atoms with E-state index < -0.39 is 0 Å². The zero-order valence-corrected chi connectivity index (χ0v) is 17.4. The van der Waals surface area contributed by atoms with Gasteiger partial charge in [-0.25, -0.2) is 9.36 Å². The summed E-state index contributed by atoms with van der Waals surface area (Å²) in [5.41, 5.74) is 3.14. The van der Waals surface area contributed by atoms with Crippen molar-refractivity contribution in [1.82, 2.24) is 35.4 Å². The van der Waals surface area contributed by atoms with Crippen molar-refractivity contribution in [3.05, 3.63) is 59.7 Å². The predicted molar refractivity (Wildman–Crippen MR) is 113 cm³/mol. The Morgan fingerprint density at radius 1 is 1.24 bits per heavy atom. The highest BCUT2D eigenvalue weighted by molar-refractivity contribution is 5.93. The van der Waals surface area contributed by atoms with Gasteiger partial charge >= 0.3 is 0 Å². The molecule has 1 amide bonds. The molecule has 8 nitrogen and oxygen atoms in total. The highest BCUT2D eigenvalue weighted by Crippen LogP contribution is 2.23. The second kappa shape index (κ2) is 9.19. The first-order chi connectivity index (χ1) is 13.6. The van der Waals surface area contributed by atoms with Gasteiger partial charge in [-0.1, -0.05) is 23.4 Å². The largest absolute Gasteiger partial charge is 0.344 e. The fourth-order valence-corrected chi connectivity index (χ4v) is 3.77. The summed E-state index contributed by atoms with van der Waals surface area (Å²) in [6.07, 6.45) is 5.63. The van der Waals surface area contributed by atoms with E-state index in [2.05, 4.69) is 26.0 Å². The van der Waals surface area contributed by atoms with E-state index in [0.29, 0.717) is 11.7 Å². The number of piperidine rings is 1. The van der Waals surface area contributed by atoms with Crippen LogP contribution in [0.1, 0.15) is 53.6 Å². The van der Waals surface area contributed by atoms with Crippen molar-refractivity contribution in [2.75, 3.05) is 13.1 Å². The number of nitrogens with one attached hydrogen (secondary N) is 2. The number of carbonyl (C=O) groups is 1. The van der Waals surface area contributed by atoms with Gasteiger partial charge in [0.25, 0.3) is 5.91 Å². The molecule has 2 aromatic heterocycles. The number of carbonyl (C=O) groups excluding carboxylic acids is 1. The van der Waals surface area contributed by atoms with Gasteiger partial charge in [-0.2, -0.15) is 5.10 Å². The maximum Gasteiger partial charge on any atom is 0.274 e. The van der Waals surface area contributed by atoms with Crippen molar-refractivity contribution in [3.63, 3.8) is 0 Å². The van der Waals surface area contributed by atoms with E-state index in [0.717, 1.165) is 42.9 Å². The highest BCUT2D eigenvalue weighted by atomic mass is 35.5. The van der Waals surface area contributed by atoms with Crippen molar-refractivity contribution < 1.29 is 4.79 Å². The summed E-state index contributed by atoms with van der Waals surface area (Å²) in [5, 5.41) is 19.2. The summed E-state index contributed by atoms with van der Waals surface area (Å²) in [5.74, 6) is -0.208. The van der Waals surface area contributed by atoms with E-state index in [4.69, 9.17) is 0 Å². The van der Waals surface area contributed by atoms with E-state index in [1.54, 1.807) is 10.9 Å². The Hall–Kier alpha value is -2.71. The van der Waals surface area contributed by atoms with Crippen LogP contribution in [0.25, 0.3) is 5.69 Å². The van der Waals surface area contributed by atoms with Crippen LogP contribution in [0.5, 0.6) is 0 Å². The lowest BCUT2D eigenvalue weighted by Gasteiger charge is -2.23. The SMILES string of the molecule is Cc1c(C(=O)NC(C)c2ccccc2-n2cccn2)nnn1C1CCNCC1.Cl. The Labute approximate surface area is 176 Å². The van der Waals surface area contributed by atoms with Crippen LogP contribution in [0.3, 0.4) is 0 Å². The number of amides is 1. The van der Waals surface area contributed by atoms with E-state index in [-0.39, 0.29) is 24.4 Å². The van der Waals surface area contributed by atoms with Gasteiger partial charge in [0.15, 0.2) is 5.69 Å². The van der Waals surface area contributed by atoms with Crippen LogP contribution in [-0.4, -0.2) is 43.8 Å². The maximum absolute atomic E-state index is 12.9. The van der Waals surface area contributed by atoms with Gasteiger partial charge in [0.1, 0.15) is 0 Å². The molecule has 1 aliphatic heterocycles. The quantitative estimate of drug-likeness (QED) is 0.668. The number of rotatable bonds is 5. The fraction of sp³-hybridized carbons (Fsp3) is 0.400. The Morgan fingerprint density at radius 2 is 2.00 bits per heavy atom. The zero-order valence-electron chi connectivity index (χ0n) is 16.6. The summed E-state index contributed by atoms with van der Waals surface area (Å²) >= 11 is 0. The first kappa shape index (κ1) is 21.0. The molecule has 1 atom stereocenters. The average Bonchev–Trinajstić information content (AvgIpc) is 3.38. The normalized spacial score (nSPS) is 15.5. The van der Waals surface area contributed by atoms with Gasteiger partial charge in [-0.3, -0.25) is 4.79 Å². The maximum atomic E-state index is 12.9. The van der Waals surface area contributed by atoms with Crippen LogP contribution in [0, 0.1) is 6.92 Å². The Kier molecular flexibility index (Phi) is 6.66. The third-order valence-electron chi connectivity index (χ3n) is 5.30. The molecule has 29 heavy (non-hydrogen) atoms. The van der Waals surface area contributed by atoms with Gasteiger partial charge < -0.3 is 10.6 Å². The molecule has 1 saturated heterocycles. The molecule has 0 spiro atoms. The second-order valence-electron chi connectivity index (χ2n) is 7.15. The standard InChI is InChI=1S/C20H25N7O.ClH/c1-14(17-6-3-4-7-18(17)26-13-5-10-22-26)23-20(28)19-15(2)27(25-24-19)16-8-11-21-12-9-16;/h3-7,10,13-14,16,21H,8-9,11-12H2,1-2H3,(H,23,28);1H. The van der Waals surface area contributed by atoms with Gasteiger partial charge in [0, 0.05) is 12.4 Å². The van der Waals surface area contributed by atoms with E-state index in [9.17, 15) is 4.79 Å². The minimum absolute atomic E-state index is 0. The molecule has 1 fully saturated rings. The summed E-state index contributed by atoms with van der Waals surface area (Å²) in [6, 6.07) is 9.89. The summed E-state index contributed by atoms with van der Waals surface area (Å²) in [6.45, 7) is 5.81. The van der Waals surface area contributed by atoms with Gasteiger partial charge in [-0.15, -0.1) is 17.5 Å². The predicted octanol–water partition coefficient (Wildman–Crippen LogP) is 2.61. The molecule has 9 heteroatoms. The molecule has 154 valence electrons. The van der Waals surface area contributed by atoms with Crippen LogP contribution in [-0.2, 0) is 0 Å². The first-order valence-corrected chi connectivity index (χ1v) is 9.67. The lowest BCUT2D eigenvalue weighted by molar-refractivity contribution is 0.0934. The molecule has 3 aromatic rings. The van der Waals surface area contributed by atoms with Crippen molar-refractivity contribution in [3.8, 4) is 5.69 Å². The molecular weight excluding hydrogens is 390 g/mol. The minimum atomic E-state index is -0.208. The van der Waals surface area contributed by atoms with Crippen LogP contribution in [0.2, 0.25) is 0 Å². The molecular formula is C20H26ClN7O. The highest BCUT2D eigenvalue weighted by Gasteiger charge is 2.24. The monoisotopic (exact) mass is 415 g/mol. The number of benzene rings is 1. The van der Waals surface area contributed by atoms with E-state index in [1.807, 2.05) is 55.1 Å². The van der Waals surface area contributed by atoms with Crippen molar-refractivity contribution in [1.29, 1.82) is 0 Å². The number of hydrogen-bond acceptors (Lipinski definition) is 5. The first-order valence-electron chi connectivity index (χ1n) is 9.67. The third-order valence-corrected chi connectivity index (χ3v) is 5.30. The summed E-state index contributed by atoms with van der Waals surface area (Å²) in [7, 11) is 0. The molecule has 3 heterocycles. The number of para-hydroxylation sites is 1. The average molecular weight is 416 g/mol. The zero-order chi connectivity index (χ0) is 19.5. The van der Waals surface area contributed by atoms with Crippen LogP contribution in [0.4, 0.5) is 0 Å². The van der Waals surface area contributed by atoms with Crippen molar-refractivity contribution in [2.24, 2.45) is 0 Å². The third kappa shape index (κ3) is 4.33. The van der Waals surface area contributed by atoms with E-state index in [1.165, 1.54) is 0 Å². The fourth-order valence-electron chi connectivity index (χ4n) is 3.77. The molecule has 0 radical (unpaired) electrons. The molecule has 0 aliphatic carbocycles. The Bertz CT molecular complexity index is 948. The Balaban J connectivity index is 0.00000240. The molecule has 1 unspecified atom stereocenters. The molecule has 1 aliphatic rings. The number of hydrogen-bond donors (Lipinski definition) is 2. The van der Waals surface area contributed by atoms with Crippen LogP contribution in [0.15, 0.2) is 42.7 Å². The Morgan fingerprint density at radius 3 is 2.72 bits per heavy atom. The van der Waals surface area contributed by atoms with Crippen molar-refractivity contribution in [2.45, 2.75) is 38.8 Å². The van der Waals surface area contributed by atoms with Gasteiger partial charge in [0.2, 0.25) is 0 Å². The van der Waals surface area contributed by atoms with Gasteiger partial charge in [-0.05, 0) is 57.5 Å². The lowest BCUT2D eigenvalue weighted by Crippen LogP contribution is -2.31. The molecule has 1 aromatic carbocycles. The van der Waals surface area contributed by atoms with E-state index >= 15 is 0 Å². The second-order valence-corrected chi connectivity index (χ2v) is 7.15. The van der Waals surface area contributed by atoms with Gasteiger partial charge in [0.05, 0.1) is 23.5 Å². The lowest BCUT2D eigenvalue weighted by atomic mass is 10.1. The minimum Gasteiger partial charge on any atom is -0.344 e. The topological polar surface area (TPSA) is 89.7 Å². The van der Waals surface area contributed by atoms with Crippen molar-refractivity contribution >= 4 is 18.3 Å². The molecule has 2 N–H and O–H groups in total. The smallest absolute Gasteiger partial charge is 0.274 e. The molecule has 0 bridgehead atoms. The van der Waals surface area contributed by atoms with Crippen LogP contribution < -0.4 is 10.6 Å². The van der Waals surface area contributed by atoms with Crippen LogP contribution >= 0.6 is 12.4 Å².